The molecule has 18 N–H and O–H groups in total. The van der Waals surface area contributed by atoms with Gasteiger partial charge in [0.25, 0.3) is 5.91 Å². The van der Waals surface area contributed by atoms with Gasteiger partial charge in [-0.05, 0) is 50.8 Å². The number of hydrogen-bond acceptors (Lipinski definition) is 31. The zero-order valence-corrected chi connectivity index (χ0v) is 56.1. The molecule has 6 aliphatic rings. The number of benzene rings is 1. The fourth-order valence-electron chi connectivity index (χ4n) is 12.7. The zero-order valence-electron chi connectivity index (χ0n) is 56.1. The predicted octanol–water partition coefficient (Wildman–Crippen LogP) is -6.72. The van der Waals surface area contributed by atoms with Crippen molar-refractivity contribution in [2.75, 3.05) is 46.8 Å². The van der Waals surface area contributed by atoms with Gasteiger partial charge in [0.05, 0.1) is 45.7 Å². The van der Waals surface area contributed by atoms with Crippen LogP contribution >= 0.6 is 0 Å². The Hall–Kier alpha value is -4.89. The molecular formula is C63H101N5O31. The summed E-state index contributed by atoms with van der Waals surface area (Å²) in [7, 11) is 1.21. The summed E-state index contributed by atoms with van der Waals surface area (Å²) >= 11 is 0. The molecule has 36 heteroatoms. The quantitative estimate of drug-likeness (QED) is 0.0235. The standard InChI is InChI=1S/C63H101N5O31/c1-8-9-10-11-12-13-14-15-16-20-88-33-19-17-18-32(21-33)57(85)68-40-46(79)45(78)34(22-69)92-59(40)96-52-35(23-70)93-60(41(48(52)81)65-29(4)74)97-53-36(24-71)94-61(42(49(53)82)66-30(5)75)98-54-37(25-72)95-62(43(50(54)83)67-31(6)76)99-55-38(91-58(86)39(47(55)80)64-28(3)73)26-89-63-56(87-7)51(84)44(77)27(2)90-63/h13-14,17-19,21,27,34-56,58-63,69-72,77-84,86H,8-12,15-16,20,22-26H2,1-7H3,(H,64,73)(H,65,74)(H,66,75)(H,67,76)(H,68,85)/b14-13-/t27?,34?,35?,36?,37?,38?,39-,40-,41?,42-,43?,44+,45+,46+,47+,48?,49+,50?,51+,52+,53?,54+,55?,56?,58?,59?,60-,61-,62?,63+/m0/s1. The molecule has 1 aromatic carbocycles. The van der Waals surface area contributed by atoms with E-state index in [9.17, 15) is 90.4 Å². The van der Waals surface area contributed by atoms with Gasteiger partial charge in [-0.25, -0.2) is 0 Å². The molecule has 0 aromatic heterocycles. The molecule has 564 valence electrons. The highest BCUT2D eigenvalue weighted by molar-refractivity contribution is 5.94. The second kappa shape index (κ2) is 38.6. The number of ether oxygens (including phenoxy) is 13. The molecule has 0 bridgehead atoms. The van der Waals surface area contributed by atoms with Crippen LogP contribution in [0.5, 0.6) is 5.75 Å². The van der Waals surface area contributed by atoms with Gasteiger partial charge in [-0.2, -0.15) is 0 Å². The molecule has 0 saturated carbocycles. The van der Waals surface area contributed by atoms with Crippen molar-refractivity contribution in [2.24, 2.45) is 0 Å². The lowest BCUT2D eigenvalue weighted by Gasteiger charge is -2.51. The highest BCUT2D eigenvalue weighted by atomic mass is 16.8. The summed E-state index contributed by atoms with van der Waals surface area (Å²) in [6.07, 6.45) is -32.0. The lowest BCUT2D eigenvalue weighted by Crippen LogP contribution is -2.72. The average Bonchev–Trinajstić information content (AvgIpc) is 0.791. The van der Waals surface area contributed by atoms with Crippen LogP contribution in [0.3, 0.4) is 0 Å². The molecule has 0 spiro atoms. The van der Waals surface area contributed by atoms with E-state index in [1.165, 1.54) is 39.0 Å². The molecule has 30 atom stereocenters. The number of unbranched alkanes of at least 4 members (excludes halogenated alkanes) is 5. The first-order valence-electron chi connectivity index (χ1n) is 33.2. The van der Waals surface area contributed by atoms with Gasteiger partial charge in [0.1, 0.15) is 146 Å². The van der Waals surface area contributed by atoms with Gasteiger partial charge in [0.15, 0.2) is 37.7 Å². The predicted molar refractivity (Wildman–Crippen MR) is 333 cm³/mol. The van der Waals surface area contributed by atoms with Crippen molar-refractivity contribution in [3.05, 3.63) is 42.0 Å². The van der Waals surface area contributed by atoms with Crippen LogP contribution in [0, 0.1) is 0 Å². The highest BCUT2D eigenvalue weighted by Crippen LogP contribution is 2.37. The summed E-state index contributed by atoms with van der Waals surface area (Å²) in [4.78, 5) is 65.1. The maximum Gasteiger partial charge on any atom is 0.251 e. The Labute approximate surface area is 571 Å². The van der Waals surface area contributed by atoms with E-state index in [1.807, 2.05) is 0 Å². The Morgan fingerprint density at radius 2 is 0.899 bits per heavy atom. The number of hydrogen-bond donors (Lipinski definition) is 18. The maximum absolute atomic E-state index is 14.0. The fourth-order valence-corrected chi connectivity index (χ4v) is 12.7. The molecule has 6 saturated heterocycles. The van der Waals surface area contributed by atoms with E-state index in [0.29, 0.717) is 18.8 Å². The average molecular weight is 1420 g/mol. The van der Waals surface area contributed by atoms with Gasteiger partial charge in [-0.1, -0.05) is 44.4 Å². The molecule has 99 heavy (non-hydrogen) atoms. The van der Waals surface area contributed by atoms with Gasteiger partial charge in [-0.15, -0.1) is 0 Å². The monoisotopic (exact) mass is 1420 g/mol. The van der Waals surface area contributed by atoms with Crippen LogP contribution in [0.2, 0.25) is 0 Å². The summed E-state index contributed by atoms with van der Waals surface area (Å²) in [5.74, 6) is -3.67. The molecule has 7 rings (SSSR count). The number of carbonyl (C=O) groups is 5. The first-order chi connectivity index (χ1) is 47.2. The molecule has 16 unspecified atom stereocenters. The van der Waals surface area contributed by atoms with E-state index in [-0.39, 0.29) is 5.56 Å². The maximum atomic E-state index is 14.0. The minimum absolute atomic E-state index is 0.0482. The highest BCUT2D eigenvalue weighted by Gasteiger charge is 2.58. The third-order valence-electron chi connectivity index (χ3n) is 17.8. The molecule has 6 heterocycles. The summed E-state index contributed by atoms with van der Waals surface area (Å²) in [6.45, 7) is 3.52. The molecule has 1 aromatic rings. The summed E-state index contributed by atoms with van der Waals surface area (Å²) in [6, 6.07) is -2.45. The Kier molecular flexibility index (Phi) is 31.7. The third kappa shape index (κ3) is 20.9. The molecule has 5 amide bonds. The van der Waals surface area contributed by atoms with Crippen LogP contribution in [0.4, 0.5) is 0 Å². The summed E-state index contributed by atoms with van der Waals surface area (Å²) in [5, 5.41) is 158. The number of allylic oxidation sites excluding steroid dienone is 2. The Bertz CT molecular complexity index is 2730. The topological polar surface area (TPSA) is 528 Å². The zero-order chi connectivity index (χ0) is 72.5. The molecule has 0 aliphatic carbocycles. The van der Waals surface area contributed by atoms with E-state index in [4.69, 9.17) is 61.6 Å². The van der Waals surface area contributed by atoms with Crippen LogP contribution in [-0.2, 0) is 76.0 Å². The number of amides is 5. The second-order valence-corrected chi connectivity index (χ2v) is 25.3. The lowest BCUT2D eigenvalue weighted by molar-refractivity contribution is -0.368. The fraction of sp³-hybridized carbons (Fsp3) is 0.794. The van der Waals surface area contributed by atoms with Gasteiger partial charge in [0.2, 0.25) is 23.6 Å². The molecule has 6 fully saturated rings. The number of nitrogens with one attached hydrogen (secondary N) is 5. The van der Waals surface area contributed by atoms with E-state index in [0.717, 1.165) is 53.4 Å². The second-order valence-electron chi connectivity index (χ2n) is 25.3. The van der Waals surface area contributed by atoms with Gasteiger partial charge in [0, 0.05) is 40.4 Å². The van der Waals surface area contributed by atoms with Crippen molar-refractivity contribution in [2.45, 2.75) is 270 Å². The number of aliphatic hydroxyl groups is 13. The lowest BCUT2D eigenvalue weighted by atomic mass is 9.93. The van der Waals surface area contributed by atoms with Crippen LogP contribution in [0.1, 0.15) is 96.8 Å². The normalized spacial score (nSPS) is 39.6. The van der Waals surface area contributed by atoms with Crippen LogP contribution in [0.25, 0.3) is 0 Å². The number of rotatable bonds is 32. The molecule has 6 aliphatic heterocycles. The third-order valence-corrected chi connectivity index (χ3v) is 17.8. The smallest absolute Gasteiger partial charge is 0.251 e. The Balaban J connectivity index is 1.07. The van der Waals surface area contributed by atoms with Crippen molar-refractivity contribution < 1.29 is 152 Å². The van der Waals surface area contributed by atoms with E-state index < -0.39 is 246 Å². The minimum Gasteiger partial charge on any atom is -0.494 e. The van der Waals surface area contributed by atoms with E-state index in [2.05, 4.69) is 45.7 Å². The Morgan fingerprint density at radius 1 is 0.465 bits per heavy atom. The van der Waals surface area contributed by atoms with Gasteiger partial charge in [-0.3, -0.25) is 24.0 Å². The number of carbonyl (C=O) groups excluding carboxylic acids is 5. The number of methoxy groups -OCH3 is 1. The van der Waals surface area contributed by atoms with Crippen molar-refractivity contribution in [1.29, 1.82) is 0 Å². The van der Waals surface area contributed by atoms with Crippen LogP contribution in [0.15, 0.2) is 36.4 Å². The van der Waals surface area contributed by atoms with Crippen molar-refractivity contribution >= 4 is 29.5 Å². The van der Waals surface area contributed by atoms with E-state index >= 15 is 0 Å². The number of aliphatic hydroxyl groups excluding tert-OH is 13. The Morgan fingerprint density at radius 3 is 1.35 bits per heavy atom. The van der Waals surface area contributed by atoms with Crippen LogP contribution < -0.4 is 31.3 Å². The largest absolute Gasteiger partial charge is 0.494 e. The molecular weight excluding hydrogens is 1320 g/mol. The van der Waals surface area contributed by atoms with Gasteiger partial charge < -0.3 is 155 Å². The van der Waals surface area contributed by atoms with Crippen LogP contribution in [-0.4, -0.2) is 327 Å². The van der Waals surface area contributed by atoms with Crippen molar-refractivity contribution in [1.82, 2.24) is 26.6 Å². The van der Waals surface area contributed by atoms with Gasteiger partial charge >= 0.3 is 0 Å². The minimum atomic E-state index is -2.07. The van der Waals surface area contributed by atoms with Crippen molar-refractivity contribution in [3.8, 4) is 5.75 Å². The SMILES string of the molecule is CCCCCC/C=C\CCCOc1cccc(C(=O)N[C@@H]2C(O[C@@H]3C(CO)O[C@@H](OC4C(CO)O[C@@H](O[C@@H]5C(CO)OC(OC6C(CO[C@@H]7OC(C)[C@@H](O)[C@@H](O)C7OC)OC(O)[C@@H](NC(C)=O)[C@H]6O)C(NC(C)=O)C5O)[C@@H](NC(C)=O)[C@H]4O)C(NC(C)=O)C3O)OC(CO)[C@@H](O)[C@@H]2O)c1. The van der Waals surface area contributed by atoms with Crippen molar-refractivity contribution in [3.63, 3.8) is 0 Å². The first-order valence-corrected chi connectivity index (χ1v) is 33.2. The summed E-state index contributed by atoms with van der Waals surface area (Å²) < 4.78 is 77.9. The summed E-state index contributed by atoms with van der Waals surface area (Å²) in [5.41, 5.74) is 0.0482. The molecule has 0 radical (unpaired) electrons. The van der Waals surface area contributed by atoms with E-state index in [1.54, 1.807) is 12.1 Å². The molecule has 36 nitrogen and oxygen atoms in total. The first kappa shape index (κ1) is 81.4.